The number of carbonyl (C=O) groups excluding carboxylic acids is 2. The average molecular weight is 606 g/mol. The first kappa shape index (κ1) is 32.0. The predicted octanol–water partition coefficient (Wildman–Crippen LogP) is 3.75. The summed E-state index contributed by atoms with van der Waals surface area (Å²) in [4.78, 5) is 39.0. The van der Waals surface area contributed by atoms with E-state index < -0.39 is 60.2 Å². The standard InChI is InChI=1S/C26H29ClF5N5O4/c27-16-2-5-19(20(13-16)37-11-9-36(10-12-37)8-7-26(30,31)32)35-24(39)17-3-1-15(22(28)23(17)29)14-34-21(38)6-4-18(33)25(40)41/h1-3,5,13,18H,4,6-12,14,33H2,(H,34,38)(H,35,39)(H,40,41). The van der Waals surface area contributed by atoms with E-state index in [0.717, 1.165) is 12.1 Å². The molecule has 5 N–H and O–H groups in total. The van der Waals surface area contributed by atoms with Crippen LogP contribution in [0.3, 0.4) is 0 Å². The maximum atomic E-state index is 14.9. The van der Waals surface area contributed by atoms with Crippen molar-refractivity contribution in [1.82, 2.24) is 10.2 Å². The summed E-state index contributed by atoms with van der Waals surface area (Å²) in [5.41, 5.74) is 5.23. The monoisotopic (exact) mass is 605 g/mol. The third kappa shape index (κ3) is 9.26. The number of halogens is 6. The van der Waals surface area contributed by atoms with Gasteiger partial charge in [-0.1, -0.05) is 17.7 Å². The van der Waals surface area contributed by atoms with Gasteiger partial charge in [-0.3, -0.25) is 19.3 Å². The molecule has 0 aliphatic carbocycles. The van der Waals surface area contributed by atoms with Crippen LogP contribution < -0.4 is 21.3 Å². The van der Waals surface area contributed by atoms with E-state index in [0.29, 0.717) is 36.9 Å². The van der Waals surface area contributed by atoms with Crippen molar-refractivity contribution in [1.29, 1.82) is 0 Å². The van der Waals surface area contributed by atoms with Crippen LogP contribution in [-0.4, -0.2) is 72.7 Å². The summed E-state index contributed by atoms with van der Waals surface area (Å²) in [6.07, 6.45) is -5.54. The quantitative estimate of drug-likeness (QED) is 0.287. The topological polar surface area (TPSA) is 128 Å². The highest BCUT2D eigenvalue weighted by atomic mass is 35.5. The lowest BCUT2D eigenvalue weighted by Gasteiger charge is -2.37. The van der Waals surface area contributed by atoms with E-state index in [1.807, 2.05) is 4.90 Å². The van der Waals surface area contributed by atoms with Crippen LogP contribution in [0.5, 0.6) is 0 Å². The molecule has 1 atom stereocenters. The van der Waals surface area contributed by atoms with Crippen molar-refractivity contribution in [3.63, 3.8) is 0 Å². The number of rotatable bonds is 11. The molecule has 224 valence electrons. The number of nitrogens with zero attached hydrogens (tertiary/aromatic N) is 2. The molecule has 1 heterocycles. The molecule has 0 aromatic heterocycles. The molecule has 0 radical (unpaired) electrons. The Labute approximate surface area is 237 Å². The fourth-order valence-electron chi connectivity index (χ4n) is 4.15. The summed E-state index contributed by atoms with van der Waals surface area (Å²) >= 11 is 6.14. The number of nitrogens with one attached hydrogen (secondary N) is 2. The van der Waals surface area contributed by atoms with E-state index in [1.54, 1.807) is 11.0 Å². The number of alkyl halides is 3. The number of piperazine rings is 1. The van der Waals surface area contributed by atoms with Gasteiger partial charge in [-0.25, -0.2) is 8.78 Å². The van der Waals surface area contributed by atoms with Crippen LogP contribution in [0.2, 0.25) is 5.02 Å². The van der Waals surface area contributed by atoms with Gasteiger partial charge in [0, 0.05) is 56.3 Å². The molecule has 2 amide bonds. The number of carbonyl (C=O) groups is 3. The van der Waals surface area contributed by atoms with Crippen LogP contribution in [-0.2, 0) is 16.1 Å². The van der Waals surface area contributed by atoms with E-state index in [9.17, 15) is 36.3 Å². The van der Waals surface area contributed by atoms with Crippen LogP contribution in [0.15, 0.2) is 30.3 Å². The Balaban J connectivity index is 1.65. The summed E-state index contributed by atoms with van der Waals surface area (Å²) in [6.45, 7) is 0.877. The van der Waals surface area contributed by atoms with Crippen molar-refractivity contribution >= 4 is 40.8 Å². The zero-order valence-electron chi connectivity index (χ0n) is 21.7. The van der Waals surface area contributed by atoms with E-state index >= 15 is 0 Å². The number of carboxylic acids is 1. The maximum absolute atomic E-state index is 14.9. The molecule has 3 rings (SSSR count). The Hall–Kier alpha value is -3.49. The smallest absolute Gasteiger partial charge is 0.390 e. The average Bonchev–Trinajstić information content (AvgIpc) is 2.92. The van der Waals surface area contributed by atoms with Crippen LogP contribution in [0.1, 0.15) is 35.2 Å². The highest BCUT2D eigenvalue weighted by molar-refractivity contribution is 6.31. The van der Waals surface area contributed by atoms with Crippen molar-refractivity contribution in [2.75, 3.05) is 42.9 Å². The zero-order chi connectivity index (χ0) is 30.3. The second-order valence-corrected chi connectivity index (χ2v) is 9.91. The number of carboxylic acid groups (broad SMARTS) is 1. The van der Waals surface area contributed by atoms with E-state index in [4.69, 9.17) is 22.4 Å². The first-order valence-corrected chi connectivity index (χ1v) is 13.0. The van der Waals surface area contributed by atoms with Gasteiger partial charge in [-0.05, 0) is 30.7 Å². The summed E-state index contributed by atoms with van der Waals surface area (Å²) < 4.78 is 67.2. The SMILES string of the molecule is NC(CCC(=O)NCc1ccc(C(=O)Nc2ccc(Cl)cc2N2CCN(CCC(F)(F)F)CC2)c(F)c1F)C(=O)O. The minimum Gasteiger partial charge on any atom is -0.480 e. The maximum Gasteiger partial charge on any atom is 0.390 e. The third-order valence-corrected chi connectivity index (χ3v) is 6.75. The van der Waals surface area contributed by atoms with Crippen LogP contribution in [0.4, 0.5) is 33.3 Å². The molecule has 0 spiro atoms. The molecule has 0 bridgehead atoms. The number of hydrogen-bond acceptors (Lipinski definition) is 6. The molecular formula is C26H29ClF5N5O4. The molecule has 1 unspecified atom stereocenters. The molecule has 9 nitrogen and oxygen atoms in total. The normalized spacial score (nSPS) is 15.0. The molecule has 0 saturated carbocycles. The molecule has 1 aliphatic rings. The van der Waals surface area contributed by atoms with Gasteiger partial charge >= 0.3 is 12.1 Å². The summed E-state index contributed by atoms with van der Waals surface area (Å²) in [5.74, 6) is -5.61. The van der Waals surface area contributed by atoms with Gasteiger partial charge in [0.25, 0.3) is 5.91 Å². The fourth-order valence-corrected chi connectivity index (χ4v) is 4.32. The Morgan fingerprint density at radius 2 is 1.73 bits per heavy atom. The highest BCUT2D eigenvalue weighted by Crippen LogP contribution is 2.31. The molecular weight excluding hydrogens is 577 g/mol. The van der Waals surface area contributed by atoms with Gasteiger partial charge in [0.2, 0.25) is 5.91 Å². The highest BCUT2D eigenvalue weighted by Gasteiger charge is 2.29. The van der Waals surface area contributed by atoms with Gasteiger partial charge in [0.05, 0.1) is 23.4 Å². The van der Waals surface area contributed by atoms with Crippen molar-refractivity contribution in [2.24, 2.45) is 5.73 Å². The first-order chi connectivity index (χ1) is 19.2. The number of nitrogens with two attached hydrogens (primary N) is 1. The largest absolute Gasteiger partial charge is 0.480 e. The van der Waals surface area contributed by atoms with Gasteiger partial charge in [-0.15, -0.1) is 0 Å². The number of benzene rings is 2. The van der Waals surface area contributed by atoms with Gasteiger partial charge < -0.3 is 26.4 Å². The minimum atomic E-state index is -4.25. The summed E-state index contributed by atoms with van der Waals surface area (Å²) in [7, 11) is 0. The molecule has 2 aromatic rings. The lowest BCUT2D eigenvalue weighted by molar-refractivity contribution is -0.139. The molecule has 1 aliphatic heterocycles. The van der Waals surface area contributed by atoms with Gasteiger partial charge in [0.1, 0.15) is 6.04 Å². The summed E-state index contributed by atoms with van der Waals surface area (Å²) in [5, 5.41) is 14.0. The van der Waals surface area contributed by atoms with Gasteiger partial charge in [-0.2, -0.15) is 13.2 Å². The van der Waals surface area contributed by atoms with E-state index in [2.05, 4.69) is 10.6 Å². The van der Waals surface area contributed by atoms with Crippen molar-refractivity contribution in [2.45, 2.75) is 38.0 Å². The van der Waals surface area contributed by atoms with E-state index in [1.165, 1.54) is 12.1 Å². The van der Waals surface area contributed by atoms with Crippen molar-refractivity contribution < 1.29 is 41.4 Å². The molecule has 15 heteroatoms. The van der Waals surface area contributed by atoms with Crippen LogP contribution >= 0.6 is 11.6 Å². The number of anilines is 2. The third-order valence-electron chi connectivity index (χ3n) is 6.51. The molecule has 1 fully saturated rings. The minimum absolute atomic E-state index is 0.125. The number of aliphatic carboxylic acids is 1. The van der Waals surface area contributed by atoms with Gasteiger partial charge in [0.15, 0.2) is 11.6 Å². The molecule has 2 aromatic carbocycles. The number of amides is 2. The zero-order valence-corrected chi connectivity index (χ0v) is 22.5. The predicted molar refractivity (Wildman–Crippen MR) is 142 cm³/mol. The first-order valence-electron chi connectivity index (χ1n) is 12.6. The number of hydrogen-bond donors (Lipinski definition) is 4. The molecule has 41 heavy (non-hydrogen) atoms. The van der Waals surface area contributed by atoms with Crippen molar-refractivity contribution in [3.8, 4) is 0 Å². The van der Waals surface area contributed by atoms with Crippen LogP contribution in [0.25, 0.3) is 0 Å². The molecule has 1 saturated heterocycles. The Morgan fingerprint density at radius 3 is 2.37 bits per heavy atom. The van der Waals surface area contributed by atoms with E-state index in [-0.39, 0.29) is 30.6 Å². The van der Waals surface area contributed by atoms with Crippen LogP contribution in [0, 0.1) is 11.6 Å². The summed E-state index contributed by atoms with van der Waals surface area (Å²) in [6, 6.07) is 5.51. The van der Waals surface area contributed by atoms with Crippen molar-refractivity contribution in [3.05, 3.63) is 58.1 Å². The Bertz CT molecular complexity index is 1270. The fraction of sp³-hybridized carbons (Fsp3) is 0.423. The Morgan fingerprint density at radius 1 is 1.05 bits per heavy atom. The second kappa shape index (κ2) is 13.9. The Kier molecular flexibility index (Phi) is 10.9. The second-order valence-electron chi connectivity index (χ2n) is 9.47. The lowest BCUT2D eigenvalue weighted by atomic mass is 10.1. The lowest BCUT2D eigenvalue weighted by Crippen LogP contribution is -2.47.